The van der Waals surface area contributed by atoms with Gasteiger partial charge in [-0.25, -0.2) is 0 Å². The maximum Gasteiger partial charge on any atom is 0.303 e. The summed E-state index contributed by atoms with van der Waals surface area (Å²) in [6.07, 6.45) is -0.519. The number of carbonyl (C=O) groups is 7. The summed E-state index contributed by atoms with van der Waals surface area (Å²) in [4.78, 5) is 82.1. The second-order valence-electron chi connectivity index (χ2n) is 8.76. The van der Waals surface area contributed by atoms with E-state index in [0.717, 1.165) is 0 Å². The second kappa shape index (κ2) is 18.6. The van der Waals surface area contributed by atoms with Crippen molar-refractivity contribution in [1.82, 2.24) is 21.3 Å². The molecule has 0 unspecified atom stereocenters. The van der Waals surface area contributed by atoms with Gasteiger partial charge in [-0.05, 0) is 52.5 Å². The Kier molecular flexibility index (Phi) is 16.9. The number of rotatable bonds is 21. The molecule has 216 valence electrons. The van der Waals surface area contributed by atoms with Crippen molar-refractivity contribution < 1.29 is 48.9 Å². The van der Waals surface area contributed by atoms with E-state index in [2.05, 4.69) is 21.3 Å². The Balaban J connectivity index is 5.23. The summed E-state index contributed by atoms with van der Waals surface area (Å²) in [7, 11) is 1.67. The summed E-state index contributed by atoms with van der Waals surface area (Å²) in [5.74, 6) is -6.13. The zero-order valence-electron chi connectivity index (χ0n) is 21.7. The molecule has 0 fully saturated rings. The van der Waals surface area contributed by atoms with Gasteiger partial charge < -0.3 is 42.3 Å². The molecule has 0 spiro atoms. The molecule has 0 rings (SSSR count). The first kappa shape index (κ1) is 34.4. The second-order valence-corrected chi connectivity index (χ2v) is 8.76. The molecular formula is C23H39N5O10. The lowest BCUT2D eigenvalue weighted by molar-refractivity contribution is -0.140. The molecular weight excluding hydrogens is 506 g/mol. The number of carbonyl (C=O) groups excluding carboxylic acids is 4. The van der Waals surface area contributed by atoms with Crippen molar-refractivity contribution in [2.45, 2.75) is 88.9 Å². The highest BCUT2D eigenvalue weighted by Crippen LogP contribution is 2.06. The molecule has 0 heterocycles. The number of nitrogens with one attached hydrogen (secondary N) is 4. The Morgan fingerprint density at radius 3 is 1.61 bits per heavy atom. The largest absolute Gasteiger partial charge is 0.481 e. The number of unbranched alkanes of at least 4 members (excludes halogenated alkanes) is 1. The van der Waals surface area contributed by atoms with E-state index in [1.807, 2.05) is 0 Å². The summed E-state index contributed by atoms with van der Waals surface area (Å²) < 4.78 is 0. The van der Waals surface area contributed by atoms with Crippen molar-refractivity contribution in [3.05, 3.63) is 0 Å². The molecule has 0 aliphatic carbocycles. The van der Waals surface area contributed by atoms with Gasteiger partial charge in [0.25, 0.3) is 0 Å². The van der Waals surface area contributed by atoms with Crippen LogP contribution in [0.3, 0.4) is 0 Å². The van der Waals surface area contributed by atoms with Crippen molar-refractivity contribution in [1.29, 1.82) is 0 Å². The molecule has 15 nitrogen and oxygen atoms in total. The summed E-state index contributed by atoms with van der Waals surface area (Å²) in [6.45, 7) is 1.67. The fourth-order valence-corrected chi connectivity index (χ4v) is 3.39. The number of amides is 3. The monoisotopic (exact) mass is 545 g/mol. The third-order valence-corrected chi connectivity index (χ3v) is 5.62. The van der Waals surface area contributed by atoms with E-state index in [9.17, 15) is 33.6 Å². The van der Waals surface area contributed by atoms with E-state index in [-0.39, 0.29) is 37.6 Å². The zero-order valence-corrected chi connectivity index (χ0v) is 21.7. The number of nitrogens with two attached hydrogens (primary N) is 1. The number of carboxylic acids is 3. The molecule has 15 heteroatoms. The van der Waals surface area contributed by atoms with Crippen LogP contribution < -0.4 is 27.0 Å². The van der Waals surface area contributed by atoms with Crippen molar-refractivity contribution >= 4 is 41.4 Å². The van der Waals surface area contributed by atoms with Gasteiger partial charge in [-0.3, -0.25) is 33.6 Å². The summed E-state index contributed by atoms with van der Waals surface area (Å²) in [5.41, 5.74) is 5.65. The topological polar surface area (TPSA) is 254 Å². The molecule has 0 aromatic rings. The van der Waals surface area contributed by atoms with Crippen LogP contribution in [0.4, 0.5) is 0 Å². The van der Waals surface area contributed by atoms with Crippen LogP contribution in [0.15, 0.2) is 0 Å². The Labute approximate surface area is 220 Å². The molecule has 0 aliphatic heterocycles. The Hall–Kier alpha value is -3.59. The molecule has 0 radical (unpaired) electrons. The zero-order chi connectivity index (χ0) is 29.3. The maximum atomic E-state index is 12.9. The molecule has 0 saturated heterocycles. The van der Waals surface area contributed by atoms with Crippen LogP contribution in [0.25, 0.3) is 0 Å². The van der Waals surface area contributed by atoms with Gasteiger partial charge in [0.15, 0.2) is 0 Å². The molecule has 3 amide bonds. The third kappa shape index (κ3) is 15.5. The van der Waals surface area contributed by atoms with Gasteiger partial charge in [0.05, 0.1) is 12.1 Å². The van der Waals surface area contributed by atoms with Crippen molar-refractivity contribution in [2.75, 3.05) is 13.6 Å². The minimum Gasteiger partial charge on any atom is -0.481 e. The fraction of sp³-hybridized carbons (Fsp3) is 0.696. The van der Waals surface area contributed by atoms with E-state index in [1.165, 1.54) is 6.92 Å². The van der Waals surface area contributed by atoms with Crippen LogP contribution in [-0.4, -0.2) is 94.5 Å². The van der Waals surface area contributed by atoms with E-state index in [4.69, 9.17) is 21.1 Å². The van der Waals surface area contributed by atoms with Crippen LogP contribution in [0.5, 0.6) is 0 Å². The lowest BCUT2D eigenvalue weighted by Crippen LogP contribution is -2.56. The number of aliphatic carboxylic acids is 3. The van der Waals surface area contributed by atoms with Gasteiger partial charge in [0.1, 0.15) is 17.9 Å². The Bertz CT molecular complexity index is 850. The summed E-state index contributed by atoms with van der Waals surface area (Å²) in [5, 5.41) is 36.9. The lowest BCUT2D eigenvalue weighted by Gasteiger charge is -2.24. The van der Waals surface area contributed by atoms with Crippen molar-refractivity contribution in [3.63, 3.8) is 0 Å². The first-order chi connectivity index (χ1) is 17.8. The lowest BCUT2D eigenvalue weighted by atomic mass is 10.1. The summed E-state index contributed by atoms with van der Waals surface area (Å²) >= 11 is 0. The van der Waals surface area contributed by atoms with Gasteiger partial charge in [0, 0.05) is 25.8 Å². The highest BCUT2D eigenvalue weighted by molar-refractivity contribution is 5.93. The average molecular weight is 546 g/mol. The molecule has 0 aliphatic rings. The van der Waals surface area contributed by atoms with Gasteiger partial charge in [0.2, 0.25) is 17.7 Å². The van der Waals surface area contributed by atoms with Crippen LogP contribution >= 0.6 is 0 Å². The highest BCUT2D eigenvalue weighted by Gasteiger charge is 2.29. The number of ketones is 1. The number of hydrogen-bond donors (Lipinski definition) is 8. The van der Waals surface area contributed by atoms with Crippen LogP contribution in [0, 0.1) is 0 Å². The predicted octanol–water partition coefficient (Wildman–Crippen LogP) is -1.66. The van der Waals surface area contributed by atoms with Gasteiger partial charge in [-0.1, -0.05) is 0 Å². The van der Waals surface area contributed by atoms with Gasteiger partial charge >= 0.3 is 17.9 Å². The smallest absolute Gasteiger partial charge is 0.303 e. The standard InChI is InChI=1S/C23H39N5O10/c1-13(29)15(25-2)5-3-4-12-26-22(37)16(7-10-19(32)33)28-23(38)17(8-11-20(34)35)27-21(36)14(24)6-9-18(30)31/h14-17,25H,3-12,24H2,1-2H3,(H,26,37)(H,27,36)(H,28,38)(H,30,31)(H,32,33)(H,34,35)/t14-,15-,16-,17-/m0/s1. The van der Waals surface area contributed by atoms with E-state index in [1.54, 1.807) is 7.05 Å². The third-order valence-electron chi connectivity index (χ3n) is 5.62. The molecule has 9 N–H and O–H groups in total. The minimum absolute atomic E-state index is 0.0135. The van der Waals surface area contributed by atoms with Gasteiger partial charge in [-0.15, -0.1) is 0 Å². The van der Waals surface area contributed by atoms with Gasteiger partial charge in [-0.2, -0.15) is 0 Å². The first-order valence-corrected chi connectivity index (χ1v) is 12.3. The van der Waals surface area contributed by atoms with E-state index >= 15 is 0 Å². The van der Waals surface area contributed by atoms with E-state index in [0.29, 0.717) is 19.3 Å². The van der Waals surface area contributed by atoms with Crippen LogP contribution in [0.2, 0.25) is 0 Å². The van der Waals surface area contributed by atoms with E-state index < -0.39 is 73.0 Å². The quantitative estimate of drug-likeness (QED) is 0.0754. The number of likely N-dealkylation sites (N-methyl/N-ethyl adjacent to an activating group) is 1. The van der Waals surface area contributed by atoms with Crippen LogP contribution in [0.1, 0.15) is 64.7 Å². The molecule has 0 saturated carbocycles. The molecule has 0 aromatic carbocycles. The van der Waals surface area contributed by atoms with Crippen molar-refractivity contribution in [3.8, 4) is 0 Å². The maximum absolute atomic E-state index is 12.9. The SMILES string of the molecule is CN[C@@H](CCCCNC(=O)[C@H](CCC(=O)O)NC(=O)[C@H](CCC(=O)O)NC(=O)[C@@H](N)CCC(=O)O)C(C)=O. The highest BCUT2D eigenvalue weighted by atomic mass is 16.4. The minimum atomic E-state index is -1.42. The first-order valence-electron chi connectivity index (χ1n) is 12.3. The molecule has 4 atom stereocenters. The molecule has 0 bridgehead atoms. The van der Waals surface area contributed by atoms with Crippen LogP contribution in [-0.2, 0) is 33.6 Å². The Morgan fingerprint density at radius 1 is 0.658 bits per heavy atom. The average Bonchev–Trinajstić information content (AvgIpc) is 2.83. The normalized spacial score (nSPS) is 13.9. The number of hydrogen-bond acceptors (Lipinski definition) is 9. The number of Topliss-reactive ketones (excluding diaryl/α,β-unsaturated/α-hetero) is 1. The predicted molar refractivity (Wildman–Crippen MR) is 133 cm³/mol. The molecule has 38 heavy (non-hydrogen) atoms. The molecule has 0 aromatic heterocycles. The Morgan fingerprint density at radius 2 is 1.13 bits per heavy atom. The summed E-state index contributed by atoms with van der Waals surface area (Å²) in [6, 6.07) is -4.28. The fourth-order valence-electron chi connectivity index (χ4n) is 3.39. The number of carboxylic acid groups (broad SMARTS) is 3. The van der Waals surface area contributed by atoms with Crippen molar-refractivity contribution in [2.24, 2.45) is 5.73 Å².